The van der Waals surface area contributed by atoms with E-state index in [0.29, 0.717) is 11.8 Å². The van der Waals surface area contributed by atoms with Gasteiger partial charge in [-0.3, -0.25) is 0 Å². The number of hydrogen-bond acceptors (Lipinski definition) is 1. The molecule has 0 N–H and O–H groups in total. The molecular weight excluding hydrogens is 188 g/mol. The second-order valence-corrected chi connectivity index (χ2v) is 4.70. The lowest BCUT2D eigenvalue weighted by Crippen LogP contribution is -2.01. The Labute approximate surface area is 93.1 Å². The molecule has 78 valence electrons. The smallest absolute Gasteiger partial charge is 0.0159 e. The fourth-order valence-corrected chi connectivity index (χ4v) is 2.25. The second kappa shape index (κ2) is 4.88. The van der Waals surface area contributed by atoms with Gasteiger partial charge in [0.25, 0.3) is 0 Å². The van der Waals surface area contributed by atoms with Gasteiger partial charge in [0.1, 0.15) is 0 Å². The third kappa shape index (κ3) is 2.33. The first-order chi connectivity index (χ1) is 6.57. The molecular formula is C13H20S. The van der Waals surface area contributed by atoms with Crippen molar-refractivity contribution in [2.45, 2.75) is 45.3 Å². The predicted molar refractivity (Wildman–Crippen MR) is 67.3 cm³/mol. The van der Waals surface area contributed by atoms with Crippen molar-refractivity contribution in [3.63, 3.8) is 0 Å². The van der Waals surface area contributed by atoms with Crippen molar-refractivity contribution < 1.29 is 0 Å². The lowest BCUT2D eigenvalue weighted by molar-refractivity contribution is 0.815. The molecule has 0 nitrogen and oxygen atoms in total. The molecule has 0 atom stereocenters. The summed E-state index contributed by atoms with van der Waals surface area (Å²) >= 11 is 4.44. The van der Waals surface area contributed by atoms with E-state index in [4.69, 9.17) is 0 Å². The van der Waals surface area contributed by atoms with Gasteiger partial charge in [0, 0.05) is 5.75 Å². The molecule has 1 aromatic rings. The third-order valence-corrected chi connectivity index (χ3v) is 2.97. The summed E-state index contributed by atoms with van der Waals surface area (Å²) < 4.78 is 0. The Bertz CT molecular complexity index is 274. The van der Waals surface area contributed by atoms with Gasteiger partial charge in [-0.1, -0.05) is 45.9 Å². The van der Waals surface area contributed by atoms with Crippen LogP contribution in [0.25, 0.3) is 0 Å². The van der Waals surface area contributed by atoms with Crippen LogP contribution in [0.2, 0.25) is 0 Å². The molecule has 0 amide bonds. The molecule has 0 bridgehead atoms. The monoisotopic (exact) mass is 208 g/mol. The minimum Gasteiger partial charge on any atom is -0.175 e. The lowest BCUT2D eigenvalue weighted by atomic mass is 9.90. The van der Waals surface area contributed by atoms with Crippen molar-refractivity contribution in [2.24, 2.45) is 0 Å². The standard InChI is InChI=1S/C13H20S/c1-9(2)11-6-5-7-12(10(3)4)13(11)8-14/h5-7,9-10,14H,8H2,1-4H3. The quantitative estimate of drug-likeness (QED) is 0.701. The van der Waals surface area contributed by atoms with Crippen LogP contribution in [0.4, 0.5) is 0 Å². The first-order valence-electron chi connectivity index (χ1n) is 5.30. The molecule has 0 aliphatic heterocycles. The first kappa shape index (κ1) is 11.6. The maximum absolute atomic E-state index is 4.44. The van der Waals surface area contributed by atoms with Gasteiger partial charge in [0.05, 0.1) is 0 Å². The minimum absolute atomic E-state index is 0.593. The van der Waals surface area contributed by atoms with E-state index < -0.39 is 0 Å². The number of hydrogen-bond donors (Lipinski definition) is 1. The molecule has 0 aliphatic carbocycles. The highest BCUT2D eigenvalue weighted by molar-refractivity contribution is 7.79. The van der Waals surface area contributed by atoms with Gasteiger partial charge >= 0.3 is 0 Å². The van der Waals surface area contributed by atoms with Crippen LogP contribution in [0.15, 0.2) is 18.2 Å². The van der Waals surface area contributed by atoms with Gasteiger partial charge in [-0.15, -0.1) is 0 Å². The summed E-state index contributed by atoms with van der Waals surface area (Å²) in [4.78, 5) is 0. The van der Waals surface area contributed by atoms with Gasteiger partial charge < -0.3 is 0 Å². The first-order valence-corrected chi connectivity index (χ1v) is 5.93. The summed E-state index contributed by atoms with van der Waals surface area (Å²) in [5, 5.41) is 0. The van der Waals surface area contributed by atoms with E-state index in [1.54, 1.807) is 0 Å². The molecule has 1 aromatic carbocycles. The maximum Gasteiger partial charge on any atom is 0.0159 e. The van der Waals surface area contributed by atoms with Crippen molar-refractivity contribution in [1.82, 2.24) is 0 Å². The predicted octanol–water partition coefficient (Wildman–Crippen LogP) is 4.36. The topological polar surface area (TPSA) is 0 Å². The fraction of sp³-hybridized carbons (Fsp3) is 0.538. The fourth-order valence-electron chi connectivity index (χ4n) is 1.89. The lowest BCUT2D eigenvalue weighted by Gasteiger charge is -2.17. The third-order valence-electron chi connectivity index (χ3n) is 2.65. The Balaban J connectivity index is 3.25. The van der Waals surface area contributed by atoms with E-state index in [9.17, 15) is 0 Å². The van der Waals surface area contributed by atoms with Crippen LogP contribution >= 0.6 is 12.6 Å². The van der Waals surface area contributed by atoms with Crippen LogP contribution in [0.1, 0.15) is 56.2 Å². The Hall–Kier alpha value is -0.430. The summed E-state index contributed by atoms with van der Waals surface area (Å²) in [6.45, 7) is 8.97. The van der Waals surface area contributed by atoms with Gasteiger partial charge in [-0.05, 0) is 28.5 Å². The number of benzene rings is 1. The zero-order valence-corrected chi connectivity index (χ0v) is 10.4. The average molecular weight is 208 g/mol. The summed E-state index contributed by atoms with van der Waals surface area (Å²) in [6.07, 6.45) is 0. The van der Waals surface area contributed by atoms with Crippen molar-refractivity contribution in [2.75, 3.05) is 0 Å². The van der Waals surface area contributed by atoms with E-state index in [-0.39, 0.29) is 0 Å². The van der Waals surface area contributed by atoms with Crippen LogP contribution < -0.4 is 0 Å². The highest BCUT2D eigenvalue weighted by Crippen LogP contribution is 2.28. The summed E-state index contributed by atoms with van der Waals surface area (Å²) in [6, 6.07) is 6.61. The van der Waals surface area contributed by atoms with Gasteiger partial charge in [-0.25, -0.2) is 0 Å². The average Bonchev–Trinajstić information content (AvgIpc) is 2.16. The maximum atomic E-state index is 4.44. The molecule has 0 radical (unpaired) electrons. The molecule has 0 fully saturated rings. The number of thiol groups is 1. The van der Waals surface area contributed by atoms with Crippen molar-refractivity contribution in [3.05, 3.63) is 34.9 Å². The van der Waals surface area contributed by atoms with Gasteiger partial charge in [-0.2, -0.15) is 12.6 Å². The van der Waals surface area contributed by atoms with E-state index in [0.717, 1.165) is 5.75 Å². The summed E-state index contributed by atoms with van der Waals surface area (Å²) in [5.41, 5.74) is 4.33. The van der Waals surface area contributed by atoms with E-state index in [1.807, 2.05) is 0 Å². The van der Waals surface area contributed by atoms with Gasteiger partial charge in [0.2, 0.25) is 0 Å². The molecule has 14 heavy (non-hydrogen) atoms. The Kier molecular flexibility index (Phi) is 4.06. The molecule has 0 saturated carbocycles. The van der Waals surface area contributed by atoms with E-state index >= 15 is 0 Å². The Morgan fingerprint density at radius 1 is 1.00 bits per heavy atom. The van der Waals surface area contributed by atoms with Crippen LogP contribution in [0.3, 0.4) is 0 Å². The Morgan fingerprint density at radius 3 is 1.71 bits per heavy atom. The zero-order valence-electron chi connectivity index (χ0n) is 9.54. The molecule has 1 rings (SSSR count). The molecule has 0 aliphatic rings. The van der Waals surface area contributed by atoms with Crippen LogP contribution in [-0.4, -0.2) is 0 Å². The second-order valence-electron chi connectivity index (χ2n) is 4.38. The minimum atomic E-state index is 0.593. The largest absolute Gasteiger partial charge is 0.175 e. The van der Waals surface area contributed by atoms with Crippen molar-refractivity contribution in [3.8, 4) is 0 Å². The van der Waals surface area contributed by atoms with Crippen LogP contribution in [0.5, 0.6) is 0 Å². The Morgan fingerprint density at radius 2 is 1.43 bits per heavy atom. The van der Waals surface area contributed by atoms with Crippen molar-refractivity contribution >= 4 is 12.6 Å². The van der Waals surface area contributed by atoms with E-state index in [2.05, 4.69) is 58.5 Å². The van der Waals surface area contributed by atoms with Gasteiger partial charge in [0.15, 0.2) is 0 Å². The molecule has 0 aromatic heterocycles. The molecule has 0 spiro atoms. The molecule has 0 unspecified atom stereocenters. The van der Waals surface area contributed by atoms with Crippen LogP contribution in [-0.2, 0) is 5.75 Å². The molecule has 0 saturated heterocycles. The SMILES string of the molecule is CC(C)c1cccc(C(C)C)c1CS. The normalized spacial score (nSPS) is 11.4. The summed E-state index contributed by atoms with van der Waals surface area (Å²) in [5.74, 6) is 2.04. The summed E-state index contributed by atoms with van der Waals surface area (Å²) in [7, 11) is 0. The molecule has 1 heteroatoms. The highest BCUT2D eigenvalue weighted by atomic mass is 32.1. The van der Waals surface area contributed by atoms with Crippen LogP contribution in [0, 0.1) is 0 Å². The van der Waals surface area contributed by atoms with E-state index in [1.165, 1.54) is 16.7 Å². The van der Waals surface area contributed by atoms with Crippen molar-refractivity contribution in [1.29, 1.82) is 0 Å². The molecule has 0 heterocycles. The number of rotatable bonds is 3. The zero-order chi connectivity index (χ0) is 10.7. The highest BCUT2D eigenvalue weighted by Gasteiger charge is 2.11.